The van der Waals surface area contributed by atoms with E-state index < -0.39 is 0 Å². The summed E-state index contributed by atoms with van der Waals surface area (Å²) in [5, 5.41) is 0. The van der Waals surface area contributed by atoms with Gasteiger partial charge in [0, 0.05) is 31.5 Å². The van der Waals surface area contributed by atoms with Crippen molar-refractivity contribution in [2.45, 2.75) is 26.7 Å². The van der Waals surface area contributed by atoms with Crippen LogP contribution in [0.5, 0.6) is 0 Å². The first-order valence-electron chi connectivity index (χ1n) is 8.01. The van der Waals surface area contributed by atoms with Crippen LogP contribution in [0.25, 0.3) is 11.3 Å². The van der Waals surface area contributed by atoms with Gasteiger partial charge in [-0.05, 0) is 31.0 Å². The van der Waals surface area contributed by atoms with E-state index in [1.165, 1.54) is 11.1 Å². The number of morpholine rings is 1. The van der Waals surface area contributed by atoms with Crippen LogP contribution >= 0.6 is 0 Å². The van der Waals surface area contributed by atoms with E-state index in [9.17, 15) is 4.79 Å². The Hall–Kier alpha value is -2.14. The molecule has 1 aliphatic heterocycles. The third-order valence-electron chi connectivity index (χ3n) is 4.26. The van der Waals surface area contributed by atoms with Crippen LogP contribution in [-0.2, 0) is 16.0 Å². The molecule has 5 heteroatoms. The second kappa shape index (κ2) is 6.96. The molecule has 1 aliphatic rings. The molecule has 0 aliphatic carbocycles. The topological polar surface area (TPSA) is 55.6 Å². The fourth-order valence-electron chi connectivity index (χ4n) is 2.64. The molecule has 0 unspecified atom stereocenters. The summed E-state index contributed by atoms with van der Waals surface area (Å²) < 4.78 is 11.1. The zero-order chi connectivity index (χ0) is 16.2. The standard InChI is InChI=1S/C18H22N2O3/c1-13-3-4-15(11-14(13)2)16-12-19-17(23-16)5-6-18(21)20-7-9-22-10-8-20/h3-4,11-12H,5-10H2,1-2H3. The van der Waals surface area contributed by atoms with E-state index in [2.05, 4.69) is 31.0 Å². The maximum atomic E-state index is 12.1. The normalized spacial score (nSPS) is 15.0. The highest BCUT2D eigenvalue weighted by molar-refractivity contribution is 5.76. The predicted molar refractivity (Wildman–Crippen MR) is 87.1 cm³/mol. The number of rotatable bonds is 4. The maximum absolute atomic E-state index is 12.1. The van der Waals surface area contributed by atoms with Gasteiger partial charge < -0.3 is 14.1 Å². The van der Waals surface area contributed by atoms with Crippen molar-refractivity contribution < 1.29 is 13.9 Å². The van der Waals surface area contributed by atoms with Gasteiger partial charge in [-0.3, -0.25) is 4.79 Å². The number of hydrogen-bond donors (Lipinski definition) is 0. The molecule has 23 heavy (non-hydrogen) atoms. The Morgan fingerprint density at radius 2 is 2.00 bits per heavy atom. The molecule has 0 N–H and O–H groups in total. The molecule has 1 saturated heterocycles. The van der Waals surface area contributed by atoms with E-state index in [0.717, 1.165) is 11.3 Å². The van der Waals surface area contributed by atoms with Gasteiger partial charge in [0.2, 0.25) is 5.91 Å². The Labute approximate surface area is 136 Å². The van der Waals surface area contributed by atoms with E-state index in [4.69, 9.17) is 9.15 Å². The number of ether oxygens (including phenoxy) is 1. The minimum absolute atomic E-state index is 0.138. The van der Waals surface area contributed by atoms with Crippen molar-refractivity contribution in [3.8, 4) is 11.3 Å². The average Bonchev–Trinajstić information content (AvgIpc) is 3.05. The second-order valence-corrected chi connectivity index (χ2v) is 5.91. The van der Waals surface area contributed by atoms with Gasteiger partial charge in [0.25, 0.3) is 0 Å². The van der Waals surface area contributed by atoms with Gasteiger partial charge in [0.05, 0.1) is 19.4 Å². The molecule has 0 radical (unpaired) electrons. The minimum Gasteiger partial charge on any atom is -0.441 e. The SMILES string of the molecule is Cc1ccc(-c2cnc(CCC(=O)N3CCOCC3)o2)cc1C. The van der Waals surface area contributed by atoms with Crippen molar-refractivity contribution in [3.63, 3.8) is 0 Å². The number of aryl methyl sites for hydroxylation is 3. The first-order chi connectivity index (χ1) is 11.1. The Bertz CT molecular complexity index is 687. The van der Waals surface area contributed by atoms with Crippen LogP contribution < -0.4 is 0 Å². The Morgan fingerprint density at radius 1 is 1.22 bits per heavy atom. The molecule has 122 valence electrons. The van der Waals surface area contributed by atoms with Gasteiger partial charge in [0.1, 0.15) is 0 Å². The number of carbonyl (C=O) groups excluding carboxylic acids is 1. The van der Waals surface area contributed by atoms with Crippen LogP contribution in [0.2, 0.25) is 0 Å². The molecule has 0 atom stereocenters. The van der Waals surface area contributed by atoms with Gasteiger partial charge in [-0.1, -0.05) is 12.1 Å². The molecule has 3 rings (SSSR count). The highest BCUT2D eigenvalue weighted by Crippen LogP contribution is 2.23. The number of amides is 1. The van der Waals surface area contributed by atoms with Crippen molar-refractivity contribution in [2.24, 2.45) is 0 Å². The smallest absolute Gasteiger partial charge is 0.223 e. The van der Waals surface area contributed by atoms with Crippen LogP contribution in [0.4, 0.5) is 0 Å². The van der Waals surface area contributed by atoms with Gasteiger partial charge >= 0.3 is 0 Å². The molecule has 1 aromatic heterocycles. The minimum atomic E-state index is 0.138. The number of aromatic nitrogens is 1. The van der Waals surface area contributed by atoms with E-state index in [0.29, 0.717) is 45.0 Å². The van der Waals surface area contributed by atoms with Gasteiger partial charge in [-0.15, -0.1) is 0 Å². The summed E-state index contributed by atoms with van der Waals surface area (Å²) in [4.78, 5) is 18.3. The lowest BCUT2D eigenvalue weighted by Crippen LogP contribution is -2.40. The van der Waals surface area contributed by atoms with Crippen molar-refractivity contribution >= 4 is 5.91 Å². The van der Waals surface area contributed by atoms with E-state index in [-0.39, 0.29) is 5.91 Å². The van der Waals surface area contributed by atoms with Crippen molar-refractivity contribution in [2.75, 3.05) is 26.3 Å². The number of oxazole rings is 1. The number of nitrogens with zero attached hydrogens (tertiary/aromatic N) is 2. The summed E-state index contributed by atoms with van der Waals surface area (Å²) in [7, 11) is 0. The first-order valence-corrected chi connectivity index (χ1v) is 8.01. The quantitative estimate of drug-likeness (QED) is 0.871. The zero-order valence-corrected chi connectivity index (χ0v) is 13.7. The van der Waals surface area contributed by atoms with Crippen molar-refractivity contribution in [1.29, 1.82) is 0 Å². The third-order valence-corrected chi connectivity index (χ3v) is 4.26. The van der Waals surface area contributed by atoms with Crippen LogP contribution in [0, 0.1) is 13.8 Å². The van der Waals surface area contributed by atoms with Gasteiger partial charge in [-0.25, -0.2) is 4.98 Å². The molecule has 1 fully saturated rings. The molecule has 5 nitrogen and oxygen atoms in total. The molecule has 2 heterocycles. The molecule has 0 saturated carbocycles. The van der Waals surface area contributed by atoms with E-state index in [1.54, 1.807) is 6.20 Å². The molecule has 0 bridgehead atoms. The molecule has 1 amide bonds. The van der Waals surface area contributed by atoms with Crippen LogP contribution in [0.3, 0.4) is 0 Å². The Kier molecular flexibility index (Phi) is 4.76. The summed E-state index contributed by atoms with van der Waals surface area (Å²) in [5.74, 6) is 1.50. The fourth-order valence-corrected chi connectivity index (χ4v) is 2.64. The van der Waals surface area contributed by atoms with Crippen molar-refractivity contribution in [1.82, 2.24) is 9.88 Å². The monoisotopic (exact) mass is 314 g/mol. The summed E-state index contributed by atoms with van der Waals surface area (Å²) in [6.07, 6.45) is 2.69. The Balaban J connectivity index is 1.60. The lowest BCUT2D eigenvalue weighted by molar-refractivity contribution is -0.135. The lowest BCUT2D eigenvalue weighted by atomic mass is 10.1. The Morgan fingerprint density at radius 3 is 2.74 bits per heavy atom. The van der Waals surface area contributed by atoms with Gasteiger partial charge in [-0.2, -0.15) is 0 Å². The third kappa shape index (κ3) is 3.79. The van der Waals surface area contributed by atoms with E-state index in [1.807, 2.05) is 11.0 Å². The van der Waals surface area contributed by atoms with Crippen LogP contribution in [0.15, 0.2) is 28.8 Å². The fraction of sp³-hybridized carbons (Fsp3) is 0.444. The van der Waals surface area contributed by atoms with Crippen LogP contribution in [0.1, 0.15) is 23.4 Å². The largest absolute Gasteiger partial charge is 0.441 e. The molecule has 1 aromatic carbocycles. The molecule has 2 aromatic rings. The summed E-state index contributed by atoms with van der Waals surface area (Å²) >= 11 is 0. The summed E-state index contributed by atoms with van der Waals surface area (Å²) in [5.41, 5.74) is 3.50. The second-order valence-electron chi connectivity index (χ2n) is 5.91. The molecular weight excluding hydrogens is 292 g/mol. The predicted octanol–water partition coefficient (Wildman–Crippen LogP) is 2.75. The maximum Gasteiger partial charge on any atom is 0.223 e. The van der Waals surface area contributed by atoms with Gasteiger partial charge in [0.15, 0.2) is 11.7 Å². The van der Waals surface area contributed by atoms with Crippen molar-refractivity contribution in [3.05, 3.63) is 41.4 Å². The molecular formula is C18H22N2O3. The molecule has 0 spiro atoms. The lowest BCUT2D eigenvalue weighted by Gasteiger charge is -2.26. The first kappa shape index (κ1) is 15.7. The average molecular weight is 314 g/mol. The summed E-state index contributed by atoms with van der Waals surface area (Å²) in [6, 6.07) is 6.21. The highest BCUT2D eigenvalue weighted by Gasteiger charge is 2.17. The summed E-state index contributed by atoms with van der Waals surface area (Å²) in [6.45, 7) is 6.78. The highest BCUT2D eigenvalue weighted by atomic mass is 16.5. The van der Waals surface area contributed by atoms with Crippen LogP contribution in [-0.4, -0.2) is 42.1 Å². The van der Waals surface area contributed by atoms with E-state index >= 15 is 0 Å². The zero-order valence-electron chi connectivity index (χ0n) is 13.7. The number of carbonyl (C=O) groups is 1. The number of benzene rings is 1. The number of hydrogen-bond acceptors (Lipinski definition) is 4.